The van der Waals surface area contributed by atoms with Gasteiger partial charge in [-0.05, 0) is 74.4 Å². The molecule has 3 rings (SSSR count). The number of likely N-dealkylation sites (N-methyl/N-ethyl adjacent to an activating group) is 1. The van der Waals surface area contributed by atoms with Gasteiger partial charge in [0.05, 0.1) is 0 Å². The zero-order chi connectivity index (χ0) is 35.1. The maximum Gasteiger partial charge on any atom is 0.245 e. The Morgan fingerprint density at radius 3 is 1.96 bits per heavy atom. The molecule has 10 nitrogen and oxygen atoms in total. The average Bonchev–Trinajstić information content (AvgIpc) is 3.06. The molecule has 10 heteroatoms. The van der Waals surface area contributed by atoms with E-state index >= 15 is 0 Å². The SMILES string of the molecule is CN(C(=O)[C@@H](Cc1ccc(-c2ccccc2)cc1)NC(=O)C=CCC(C)(C)N)[C@H](Cc1ccccc1)C(=O)N[C@@H](CCCCN)C(N)=O. The molecule has 256 valence electrons. The van der Waals surface area contributed by atoms with Gasteiger partial charge in [0.2, 0.25) is 23.6 Å². The van der Waals surface area contributed by atoms with Crippen molar-refractivity contribution in [2.45, 2.75) is 76.0 Å². The van der Waals surface area contributed by atoms with Gasteiger partial charge in [-0.2, -0.15) is 0 Å². The lowest BCUT2D eigenvalue weighted by atomic mass is 9.98. The number of rotatable bonds is 18. The molecule has 0 aliphatic carbocycles. The van der Waals surface area contributed by atoms with Crippen molar-refractivity contribution in [3.8, 4) is 11.1 Å². The minimum Gasteiger partial charge on any atom is -0.368 e. The van der Waals surface area contributed by atoms with Crippen LogP contribution in [0.2, 0.25) is 0 Å². The molecule has 0 bridgehead atoms. The summed E-state index contributed by atoms with van der Waals surface area (Å²) in [6.07, 6.45) is 5.49. The molecule has 0 saturated carbocycles. The van der Waals surface area contributed by atoms with E-state index < -0.39 is 47.3 Å². The van der Waals surface area contributed by atoms with E-state index in [2.05, 4.69) is 10.6 Å². The van der Waals surface area contributed by atoms with Crippen molar-refractivity contribution in [3.63, 3.8) is 0 Å². The minimum absolute atomic E-state index is 0.182. The highest BCUT2D eigenvalue weighted by atomic mass is 16.2. The molecule has 0 fully saturated rings. The lowest BCUT2D eigenvalue weighted by Gasteiger charge is -2.32. The van der Waals surface area contributed by atoms with E-state index in [-0.39, 0.29) is 12.8 Å². The summed E-state index contributed by atoms with van der Waals surface area (Å²) in [5.41, 5.74) is 20.5. The smallest absolute Gasteiger partial charge is 0.245 e. The summed E-state index contributed by atoms with van der Waals surface area (Å²) in [4.78, 5) is 54.7. The van der Waals surface area contributed by atoms with Gasteiger partial charge in [-0.1, -0.05) is 91.0 Å². The fourth-order valence-electron chi connectivity index (χ4n) is 5.28. The lowest BCUT2D eigenvalue weighted by molar-refractivity contribution is -0.142. The second-order valence-electron chi connectivity index (χ2n) is 12.8. The molecule has 0 aromatic heterocycles. The molecule has 0 saturated heterocycles. The summed E-state index contributed by atoms with van der Waals surface area (Å²) in [5.74, 6) is -2.10. The lowest BCUT2D eigenvalue weighted by Crippen LogP contribution is -2.57. The Bertz CT molecular complexity index is 1500. The van der Waals surface area contributed by atoms with E-state index in [0.29, 0.717) is 32.2 Å². The fraction of sp³-hybridized carbons (Fsp3) is 0.368. The Labute approximate surface area is 284 Å². The van der Waals surface area contributed by atoms with Gasteiger partial charge in [0, 0.05) is 25.4 Å². The molecule has 3 atom stereocenters. The summed E-state index contributed by atoms with van der Waals surface area (Å²) < 4.78 is 0. The van der Waals surface area contributed by atoms with E-state index in [0.717, 1.165) is 22.3 Å². The van der Waals surface area contributed by atoms with Gasteiger partial charge in [0.1, 0.15) is 18.1 Å². The van der Waals surface area contributed by atoms with E-state index in [1.165, 1.54) is 18.0 Å². The first-order valence-electron chi connectivity index (χ1n) is 16.4. The number of carbonyl (C=O) groups excluding carboxylic acids is 4. The number of nitrogens with one attached hydrogen (secondary N) is 2. The number of unbranched alkanes of at least 4 members (excludes halogenated alkanes) is 1. The van der Waals surface area contributed by atoms with Crippen LogP contribution in [0.15, 0.2) is 97.1 Å². The Balaban J connectivity index is 1.90. The van der Waals surface area contributed by atoms with Gasteiger partial charge >= 0.3 is 0 Å². The number of benzene rings is 3. The van der Waals surface area contributed by atoms with Crippen molar-refractivity contribution >= 4 is 23.6 Å². The highest BCUT2D eigenvalue weighted by Gasteiger charge is 2.34. The molecule has 0 unspecified atom stereocenters. The fourth-order valence-corrected chi connectivity index (χ4v) is 5.28. The Morgan fingerprint density at radius 1 is 0.792 bits per heavy atom. The second-order valence-corrected chi connectivity index (χ2v) is 12.8. The topological polar surface area (TPSA) is 174 Å². The molecule has 0 radical (unpaired) electrons. The molecule has 0 aliphatic heterocycles. The minimum atomic E-state index is -0.997. The summed E-state index contributed by atoms with van der Waals surface area (Å²) in [6.45, 7) is 4.16. The van der Waals surface area contributed by atoms with Crippen LogP contribution in [0, 0.1) is 0 Å². The van der Waals surface area contributed by atoms with Crippen molar-refractivity contribution < 1.29 is 19.2 Å². The third kappa shape index (κ3) is 12.4. The van der Waals surface area contributed by atoms with Crippen LogP contribution in [0.1, 0.15) is 50.7 Å². The number of hydrogen-bond donors (Lipinski definition) is 5. The number of nitrogens with two attached hydrogens (primary N) is 3. The summed E-state index contributed by atoms with van der Waals surface area (Å²) in [7, 11) is 1.54. The van der Waals surface area contributed by atoms with Crippen molar-refractivity contribution in [1.29, 1.82) is 0 Å². The molecule has 48 heavy (non-hydrogen) atoms. The summed E-state index contributed by atoms with van der Waals surface area (Å²) in [6, 6.07) is 24.1. The van der Waals surface area contributed by atoms with Gasteiger partial charge in [-0.15, -0.1) is 0 Å². The highest BCUT2D eigenvalue weighted by molar-refractivity contribution is 5.96. The van der Waals surface area contributed by atoms with Crippen molar-refractivity contribution in [2.24, 2.45) is 17.2 Å². The first-order chi connectivity index (χ1) is 22.9. The first-order valence-corrected chi connectivity index (χ1v) is 16.4. The predicted molar refractivity (Wildman–Crippen MR) is 190 cm³/mol. The van der Waals surface area contributed by atoms with Crippen molar-refractivity contribution in [3.05, 3.63) is 108 Å². The van der Waals surface area contributed by atoms with Crippen molar-refractivity contribution in [2.75, 3.05) is 13.6 Å². The maximum absolute atomic E-state index is 14.3. The molecule has 0 spiro atoms. The number of primary amides is 1. The van der Waals surface area contributed by atoms with E-state index in [1.54, 1.807) is 6.08 Å². The summed E-state index contributed by atoms with van der Waals surface area (Å²) >= 11 is 0. The van der Waals surface area contributed by atoms with Gasteiger partial charge in [0.15, 0.2) is 0 Å². The average molecular weight is 655 g/mol. The third-order valence-corrected chi connectivity index (χ3v) is 8.03. The zero-order valence-corrected chi connectivity index (χ0v) is 28.2. The third-order valence-electron chi connectivity index (χ3n) is 8.03. The number of carbonyl (C=O) groups is 4. The molecule has 3 aromatic carbocycles. The quantitative estimate of drug-likeness (QED) is 0.104. The first kappa shape index (κ1) is 37.7. The van der Waals surface area contributed by atoms with Gasteiger partial charge < -0.3 is 32.7 Å². The zero-order valence-electron chi connectivity index (χ0n) is 28.2. The number of nitrogens with zero attached hydrogens (tertiary/aromatic N) is 1. The largest absolute Gasteiger partial charge is 0.368 e. The van der Waals surface area contributed by atoms with Crippen LogP contribution >= 0.6 is 0 Å². The Kier molecular flexibility index (Phi) is 14.5. The molecule has 8 N–H and O–H groups in total. The van der Waals surface area contributed by atoms with E-state index in [9.17, 15) is 19.2 Å². The number of hydrogen-bond acceptors (Lipinski definition) is 6. The standard InChI is InChI=1S/C38H50N6O4/c1-38(2,41)23-12-18-34(45)42-32(25-28-19-21-30(22-20-28)29-15-8-5-9-16-29)37(48)44(3)33(26-27-13-6-4-7-14-27)36(47)43-31(35(40)46)17-10-11-24-39/h4-9,12-16,18-22,31-33H,10-11,17,23-26,39,41H2,1-3H3,(H2,40,46)(H,42,45)(H,43,47)/t31-,32+,33+/m0/s1. The molecule has 3 aromatic rings. The molecular formula is C38H50N6O4. The van der Waals surface area contributed by atoms with Crippen LogP contribution < -0.4 is 27.8 Å². The molecular weight excluding hydrogens is 604 g/mol. The Hall–Kier alpha value is -4.80. The molecule has 4 amide bonds. The van der Waals surface area contributed by atoms with Crippen LogP contribution in [-0.2, 0) is 32.0 Å². The van der Waals surface area contributed by atoms with Crippen molar-refractivity contribution in [1.82, 2.24) is 15.5 Å². The Morgan fingerprint density at radius 2 is 1.38 bits per heavy atom. The second kappa shape index (κ2) is 18.5. The van der Waals surface area contributed by atoms with Gasteiger partial charge in [0.25, 0.3) is 0 Å². The van der Waals surface area contributed by atoms with Gasteiger partial charge in [-0.25, -0.2) is 0 Å². The molecule has 0 heterocycles. The van der Waals surface area contributed by atoms with Crippen LogP contribution in [0.25, 0.3) is 11.1 Å². The number of amides is 4. The van der Waals surface area contributed by atoms with Crippen LogP contribution in [0.4, 0.5) is 0 Å². The monoisotopic (exact) mass is 654 g/mol. The normalized spacial score (nSPS) is 13.4. The maximum atomic E-state index is 14.3. The van der Waals surface area contributed by atoms with E-state index in [1.807, 2.05) is 98.8 Å². The predicted octanol–water partition coefficient (Wildman–Crippen LogP) is 3.23. The highest BCUT2D eigenvalue weighted by Crippen LogP contribution is 2.20. The van der Waals surface area contributed by atoms with Crippen LogP contribution in [0.3, 0.4) is 0 Å². The molecule has 0 aliphatic rings. The van der Waals surface area contributed by atoms with E-state index in [4.69, 9.17) is 17.2 Å². The van der Waals surface area contributed by atoms with Gasteiger partial charge in [-0.3, -0.25) is 19.2 Å². The van der Waals surface area contributed by atoms with Crippen LogP contribution in [-0.4, -0.2) is 65.8 Å². The van der Waals surface area contributed by atoms with Crippen LogP contribution in [0.5, 0.6) is 0 Å². The summed E-state index contributed by atoms with van der Waals surface area (Å²) in [5, 5.41) is 5.62.